The van der Waals surface area contributed by atoms with E-state index in [0.717, 1.165) is 12.1 Å². The van der Waals surface area contributed by atoms with Crippen LogP contribution >= 0.6 is 0 Å². The molecule has 0 saturated heterocycles. The van der Waals surface area contributed by atoms with Gasteiger partial charge in [-0.05, 0) is 36.4 Å². The number of halogens is 1. The van der Waals surface area contributed by atoms with Crippen molar-refractivity contribution in [3.05, 3.63) is 64.8 Å². The fourth-order valence-corrected chi connectivity index (χ4v) is 2.78. The maximum atomic E-state index is 12.9. The van der Waals surface area contributed by atoms with Gasteiger partial charge in [0.2, 0.25) is 0 Å². The fourth-order valence-electron chi connectivity index (χ4n) is 1.82. The molecule has 0 atom stereocenters. The van der Waals surface area contributed by atoms with Crippen LogP contribution in [0.4, 0.5) is 10.1 Å². The number of sulfonamides is 1. The number of nitrogens with one attached hydrogen (secondary N) is 1. The molecule has 0 amide bonds. The van der Waals surface area contributed by atoms with Crippen molar-refractivity contribution >= 4 is 21.8 Å². The Kier molecular flexibility index (Phi) is 4.98. The summed E-state index contributed by atoms with van der Waals surface area (Å²) >= 11 is 0. The van der Waals surface area contributed by atoms with Crippen LogP contribution in [0.5, 0.6) is 5.75 Å². The molecule has 0 heterocycles. The summed E-state index contributed by atoms with van der Waals surface area (Å²) in [6.07, 6.45) is 1.21. The minimum atomic E-state index is -4.09. The Morgan fingerprint density at radius 2 is 1.87 bits per heavy atom. The van der Waals surface area contributed by atoms with Crippen LogP contribution in [0.15, 0.2) is 53.4 Å². The number of hydrogen-bond acceptors (Lipinski definition) is 4. The van der Waals surface area contributed by atoms with E-state index in [2.05, 4.69) is 4.72 Å². The lowest BCUT2D eigenvalue weighted by atomic mass is 10.2. The second kappa shape index (κ2) is 6.94. The van der Waals surface area contributed by atoms with E-state index in [1.54, 1.807) is 30.3 Å². The Hall–Kier alpha value is -2.85. The van der Waals surface area contributed by atoms with E-state index >= 15 is 0 Å². The molecule has 0 aliphatic heterocycles. The predicted octanol–water partition coefficient (Wildman–Crippen LogP) is 3.14. The van der Waals surface area contributed by atoms with Crippen LogP contribution in [-0.2, 0) is 10.0 Å². The highest BCUT2D eigenvalue weighted by atomic mass is 32.2. The highest BCUT2D eigenvalue weighted by Gasteiger charge is 2.18. The summed E-state index contributed by atoms with van der Waals surface area (Å²) in [7, 11) is -2.64. The van der Waals surface area contributed by atoms with E-state index in [4.69, 9.17) is 4.74 Å². The molecule has 7 heteroatoms. The summed E-state index contributed by atoms with van der Waals surface area (Å²) < 4.78 is 44.8. The molecule has 2 aromatic rings. The van der Waals surface area contributed by atoms with Crippen LogP contribution in [0.25, 0.3) is 6.08 Å². The molecule has 0 fully saturated rings. The van der Waals surface area contributed by atoms with Gasteiger partial charge in [0.05, 0.1) is 7.11 Å². The molecule has 2 aromatic carbocycles. The minimum absolute atomic E-state index is 0.160. The SMILES string of the molecule is COc1ccccc1/C=C(/C#N)S(=O)(=O)Nc1ccc(F)cc1. The first-order valence-electron chi connectivity index (χ1n) is 6.49. The topological polar surface area (TPSA) is 79.2 Å². The maximum Gasteiger partial charge on any atom is 0.272 e. The number of ether oxygens (including phenoxy) is 1. The lowest BCUT2D eigenvalue weighted by Gasteiger charge is -2.08. The molecule has 0 unspecified atom stereocenters. The van der Waals surface area contributed by atoms with Crippen molar-refractivity contribution in [1.82, 2.24) is 0 Å². The van der Waals surface area contributed by atoms with Crippen LogP contribution in [0.2, 0.25) is 0 Å². The number of nitrogens with zero attached hydrogens (tertiary/aromatic N) is 1. The second-order valence-electron chi connectivity index (χ2n) is 4.47. The zero-order valence-corrected chi connectivity index (χ0v) is 13.0. The highest BCUT2D eigenvalue weighted by molar-refractivity contribution is 7.96. The van der Waals surface area contributed by atoms with Crippen LogP contribution in [0, 0.1) is 17.1 Å². The molecule has 5 nitrogen and oxygen atoms in total. The number of allylic oxidation sites excluding steroid dienone is 1. The van der Waals surface area contributed by atoms with Gasteiger partial charge < -0.3 is 4.74 Å². The molecule has 23 heavy (non-hydrogen) atoms. The second-order valence-corrected chi connectivity index (χ2v) is 6.13. The number of hydrogen-bond donors (Lipinski definition) is 1. The van der Waals surface area contributed by atoms with Gasteiger partial charge in [0.1, 0.15) is 17.6 Å². The van der Waals surface area contributed by atoms with Crippen LogP contribution in [0.1, 0.15) is 5.56 Å². The van der Waals surface area contributed by atoms with Crippen LogP contribution in [-0.4, -0.2) is 15.5 Å². The van der Waals surface area contributed by atoms with Gasteiger partial charge in [-0.3, -0.25) is 4.72 Å². The van der Waals surface area contributed by atoms with Crippen molar-refractivity contribution in [1.29, 1.82) is 5.26 Å². The molecule has 0 bridgehead atoms. The zero-order valence-electron chi connectivity index (χ0n) is 12.2. The number of benzene rings is 2. The van der Waals surface area contributed by atoms with Crippen LogP contribution in [0.3, 0.4) is 0 Å². The Balaban J connectivity index is 2.37. The van der Waals surface area contributed by atoms with E-state index in [9.17, 15) is 18.1 Å². The van der Waals surface area contributed by atoms with Crippen molar-refractivity contribution in [3.63, 3.8) is 0 Å². The molecule has 118 valence electrons. The molecule has 1 N–H and O–H groups in total. The van der Waals surface area contributed by atoms with Crippen LogP contribution < -0.4 is 9.46 Å². The Labute approximate surface area is 133 Å². The van der Waals surface area contributed by atoms with Gasteiger partial charge in [0.25, 0.3) is 10.0 Å². The summed E-state index contributed by atoms with van der Waals surface area (Å²) in [5.41, 5.74) is 0.614. The van der Waals surface area contributed by atoms with Gasteiger partial charge in [-0.15, -0.1) is 0 Å². The third-order valence-electron chi connectivity index (χ3n) is 2.92. The number of rotatable bonds is 5. The molecule has 0 saturated carbocycles. The average molecular weight is 332 g/mol. The van der Waals surface area contributed by atoms with Gasteiger partial charge in [-0.1, -0.05) is 18.2 Å². The lowest BCUT2D eigenvalue weighted by Crippen LogP contribution is -2.14. The summed E-state index contributed by atoms with van der Waals surface area (Å²) in [4.78, 5) is -0.480. The third-order valence-corrected chi connectivity index (χ3v) is 4.21. The maximum absolute atomic E-state index is 12.9. The minimum Gasteiger partial charge on any atom is -0.496 e. The van der Waals surface area contributed by atoms with E-state index in [1.807, 2.05) is 0 Å². The summed E-state index contributed by atoms with van der Waals surface area (Å²) in [6.45, 7) is 0. The Morgan fingerprint density at radius 3 is 2.48 bits per heavy atom. The monoisotopic (exact) mass is 332 g/mol. The largest absolute Gasteiger partial charge is 0.496 e. The zero-order chi connectivity index (χ0) is 16.9. The van der Waals surface area contributed by atoms with Crippen molar-refractivity contribution in [2.45, 2.75) is 0 Å². The molecular formula is C16H13FN2O3S. The third kappa shape index (κ3) is 4.08. The molecule has 0 radical (unpaired) electrons. The van der Waals surface area contributed by atoms with Crippen molar-refractivity contribution in [3.8, 4) is 11.8 Å². The normalized spacial score (nSPS) is 11.6. The van der Waals surface area contributed by atoms with E-state index < -0.39 is 20.7 Å². The van der Waals surface area contributed by atoms with Gasteiger partial charge in [0, 0.05) is 11.3 Å². The summed E-state index contributed by atoms with van der Waals surface area (Å²) in [6, 6.07) is 13.1. The highest BCUT2D eigenvalue weighted by Crippen LogP contribution is 2.23. The standard InChI is InChI=1S/C16H13FN2O3S/c1-22-16-5-3-2-4-12(16)10-15(11-18)23(20,21)19-14-8-6-13(17)7-9-14/h2-10,19H,1H3/b15-10-. The number of para-hydroxylation sites is 1. The first-order valence-corrected chi connectivity index (χ1v) is 7.98. The molecule has 0 aliphatic rings. The quantitative estimate of drug-likeness (QED) is 0.853. The van der Waals surface area contributed by atoms with E-state index in [1.165, 1.54) is 25.3 Å². The first-order chi connectivity index (χ1) is 11.0. The molecule has 0 spiro atoms. The average Bonchev–Trinajstić information content (AvgIpc) is 2.54. The Bertz CT molecular complexity index is 869. The molecule has 2 rings (SSSR count). The summed E-state index contributed by atoms with van der Waals surface area (Å²) in [5.74, 6) is -0.0461. The molecule has 0 aliphatic carbocycles. The fraction of sp³-hybridized carbons (Fsp3) is 0.0625. The molecule has 0 aromatic heterocycles. The van der Waals surface area contributed by atoms with Gasteiger partial charge >= 0.3 is 0 Å². The lowest BCUT2D eigenvalue weighted by molar-refractivity contribution is 0.414. The van der Waals surface area contributed by atoms with Crippen molar-refractivity contribution in [2.24, 2.45) is 0 Å². The number of methoxy groups -OCH3 is 1. The Morgan fingerprint density at radius 1 is 1.22 bits per heavy atom. The van der Waals surface area contributed by atoms with E-state index in [-0.39, 0.29) is 5.69 Å². The smallest absolute Gasteiger partial charge is 0.272 e. The van der Waals surface area contributed by atoms with Gasteiger partial charge in [-0.25, -0.2) is 12.8 Å². The first kappa shape index (κ1) is 16.5. The van der Waals surface area contributed by atoms with Crippen molar-refractivity contribution in [2.75, 3.05) is 11.8 Å². The number of nitriles is 1. The van der Waals surface area contributed by atoms with E-state index in [0.29, 0.717) is 11.3 Å². The summed E-state index contributed by atoms with van der Waals surface area (Å²) in [5, 5.41) is 9.17. The number of anilines is 1. The van der Waals surface area contributed by atoms with Gasteiger partial charge in [-0.2, -0.15) is 5.26 Å². The predicted molar refractivity (Wildman–Crippen MR) is 85.5 cm³/mol. The van der Waals surface area contributed by atoms with Crippen molar-refractivity contribution < 1.29 is 17.5 Å². The molecular weight excluding hydrogens is 319 g/mol. The van der Waals surface area contributed by atoms with Gasteiger partial charge in [0.15, 0.2) is 4.91 Å².